The normalized spacial score (nSPS) is 14.0. The van der Waals surface area contributed by atoms with Gasteiger partial charge in [-0.1, -0.05) is 194 Å². The lowest BCUT2D eigenvalue weighted by Crippen LogP contribution is -2.49. The molecule has 8 nitrogen and oxygen atoms in total. The molecular formula is C42H82O8. The Morgan fingerprint density at radius 3 is 1.06 bits per heavy atom. The zero-order chi connectivity index (χ0) is 36.9. The molecule has 0 aliphatic heterocycles. The molecule has 0 saturated heterocycles. The van der Waals surface area contributed by atoms with E-state index in [0.29, 0.717) is 12.8 Å². The third-order valence-electron chi connectivity index (χ3n) is 9.97. The number of hydrogen-bond donors (Lipinski definition) is 4. The first-order valence-corrected chi connectivity index (χ1v) is 21.4. The minimum Gasteiger partial charge on any atom is -0.462 e. The van der Waals surface area contributed by atoms with E-state index >= 15 is 0 Å². The maximum absolute atomic E-state index is 12.6. The van der Waals surface area contributed by atoms with Crippen LogP contribution in [-0.2, 0) is 19.1 Å². The number of ether oxygens (including phenoxy) is 2. The zero-order valence-electron chi connectivity index (χ0n) is 32.8. The van der Waals surface area contributed by atoms with Crippen LogP contribution >= 0.6 is 0 Å². The van der Waals surface area contributed by atoms with Crippen molar-refractivity contribution in [2.24, 2.45) is 0 Å². The summed E-state index contributed by atoms with van der Waals surface area (Å²) >= 11 is 0. The Morgan fingerprint density at radius 1 is 0.440 bits per heavy atom. The lowest BCUT2D eigenvalue weighted by atomic mass is 10.0. The van der Waals surface area contributed by atoms with Gasteiger partial charge in [0.1, 0.15) is 24.9 Å². The second-order valence-electron chi connectivity index (χ2n) is 14.8. The minimum absolute atomic E-state index is 0.160. The second-order valence-corrected chi connectivity index (χ2v) is 14.8. The molecule has 298 valence electrons. The molecule has 0 saturated carbocycles. The van der Waals surface area contributed by atoms with Crippen LogP contribution in [0.2, 0.25) is 0 Å². The molecule has 0 unspecified atom stereocenters. The van der Waals surface area contributed by atoms with Crippen LogP contribution < -0.4 is 0 Å². The highest BCUT2D eigenvalue weighted by atomic mass is 16.6. The Hall–Kier alpha value is -1.22. The molecule has 4 N–H and O–H groups in total. The number of rotatable bonds is 39. The van der Waals surface area contributed by atoms with E-state index < -0.39 is 49.6 Å². The lowest BCUT2D eigenvalue weighted by molar-refractivity contribution is -0.178. The molecule has 0 aromatic rings. The number of carbonyl (C=O) groups excluding carboxylic acids is 2. The molecule has 0 heterocycles. The van der Waals surface area contributed by atoms with Gasteiger partial charge in [0.25, 0.3) is 0 Å². The van der Waals surface area contributed by atoms with Crippen LogP contribution in [0.4, 0.5) is 0 Å². The quantitative estimate of drug-likeness (QED) is 0.0365. The summed E-state index contributed by atoms with van der Waals surface area (Å²) in [5.41, 5.74) is 0. The van der Waals surface area contributed by atoms with Gasteiger partial charge in [0.15, 0.2) is 6.10 Å². The molecule has 0 aromatic heterocycles. The van der Waals surface area contributed by atoms with Crippen molar-refractivity contribution in [2.45, 2.75) is 244 Å². The van der Waals surface area contributed by atoms with E-state index in [4.69, 9.17) is 9.47 Å². The van der Waals surface area contributed by atoms with Crippen molar-refractivity contribution in [3.05, 3.63) is 0 Å². The van der Waals surface area contributed by atoms with Gasteiger partial charge >= 0.3 is 11.9 Å². The van der Waals surface area contributed by atoms with Crippen LogP contribution in [0, 0.1) is 0 Å². The van der Waals surface area contributed by atoms with Crippen molar-refractivity contribution < 1.29 is 39.5 Å². The van der Waals surface area contributed by atoms with E-state index in [1.165, 1.54) is 148 Å². The first-order chi connectivity index (χ1) is 24.4. The molecule has 0 aliphatic rings. The molecule has 0 radical (unpaired) electrons. The maximum atomic E-state index is 12.6. The fraction of sp³-hybridized carbons (Fsp3) is 0.952. The molecule has 4 atom stereocenters. The summed E-state index contributed by atoms with van der Waals surface area (Å²) < 4.78 is 10.7. The summed E-state index contributed by atoms with van der Waals surface area (Å²) in [5, 5.41) is 39.8. The number of unbranched alkanes of at least 4 members (excludes halogenated alkanes) is 28. The van der Waals surface area contributed by atoms with Crippen LogP contribution in [0.5, 0.6) is 0 Å². The van der Waals surface area contributed by atoms with Crippen LogP contribution in [0.25, 0.3) is 0 Å². The molecule has 0 rings (SSSR count). The van der Waals surface area contributed by atoms with Crippen molar-refractivity contribution in [3.63, 3.8) is 0 Å². The third kappa shape index (κ3) is 31.5. The van der Waals surface area contributed by atoms with Gasteiger partial charge in [-0.05, 0) is 12.8 Å². The van der Waals surface area contributed by atoms with Crippen molar-refractivity contribution >= 4 is 11.9 Å². The highest BCUT2D eigenvalue weighted by Gasteiger charge is 2.34. The van der Waals surface area contributed by atoms with Crippen molar-refractivity contribution in [2.75, 3.05) is 13.2 Å². The summed E-state index contributed by atoms with van der Waals surface area (Å²) in [7, 11) is 0. The van der Waals surface area contributed by atoms with E-state index in [-0.39, 0.29) is 12.8 Å². The van der Waals surface area contributed by atoms with Gasteiger partial charge in [-0.3, -0.25) is 9.59 Å². The van der Waals surface area contributed by atoms with Crippen molar-refractivity contribution in [3.8, 4) is 0 Å². The van der Waals surface area contributed by atoms with Gasteiger partial charge in [0.2, 0.25) is 0 Å². The Morgan fingerprint density at radius 2 is 0.740 bits per heavy atom. The van der Waals surface area contributed by atoms with Gasteiger partial charge in [0, 0.05) is 12.8 Å². The maximum Gasteiger partial charge on any atom is 0.306 e. The summed E-state index contributed by atoms with van der Waals surface area (Å²) in [6.45, 7) is 3.32. The van der Waals surface area contributed by atoms with Crippen molar-refractivity contribution in [1.29, 1.82) is 0 Å². The molecule has 0 bridgehead atoms. The average molecular weight is 715 g/mol. The number of carbonyl (C=O) groups is 2. The topological polar surface area (TPSA) is 134 Å². The number of esters is 2. The van der Waals surface area contributed by atoms with Crippen LogP contribution in [0.3, 0.4) is 0 Å². The van der Waals surface area contributed by atoms with E-state index in [2.05, 4.69) is 13.8 Å². The molecule has 0 spiro atoms. The van der Waals surface area contributed by atoms with Gasteiger partial charge in [-0.2, -0.15) is 0 Å². The Labute approximate surface area is 307 Å². The predicted molar refractivity (Wildman–Crippen MR) is 205 cm³/mol. The van der Waals surface area contributed by atoms with E-state index in [1.54, 1.807) is 0 Å². The largest absolute Gasteiger partial charge is 0.462 e. The van der Waals surface area contributed by atoms with Gasteiger partial charge < -0.3 is 29.9 Å². The van der Waals surface area contributed by atoms with Crippen LogP contribution in [0.1, 0.15) is 219 Å². The zero-order valence-corrected chi connectivity index (χ0v) is 32.8. The van der Waals surface area contributed by atoms with Crippen LogP contribution in [0.15, 0.2) is 0 Å². The molecule has 0 fully saturated rings. The van der Waals surface area contributed by atoms with E-state index in [0.717, 1.165) is 32.1 Å². The monoisotopic (exact) mass is 715 g/mol. The standard InChI is InChI=1S/C42H82O8/c1-3-5-7-9-11-13-15-17-19-21-23-25-27-29-31-33-39(45)49-36-38(42(48)41(47)37(44)35-43)50-40(46)34-32-30-28-26-24-22-20-18-16-14-12-10-8-6-4-2/h37-38,41-44,47-48H,3-36H2,1-2H3/t37-,38+,41-,42-/m1/s1. The highest BCUT2D eigenvalue weighted by molar-refractivity contribution is 5.70. The molecular weight excluding hydrogens is 632 g/mol. The average Bonchev–Trinajstić information content (AvgIpc) is 3.12. The summed E-state index contributed by atoms with van der Waals surface area (Å²) in [6.07, 6.45) is 30.9. The lowest BCUT2D eigenvalue weighted by Gasteiger charge is -2.28. The molecule has 0 amide bonds. The fourth-order valence-electron chi connectivity index (χ4n) is 6.51. The van der Waals surface area contributed by atoms with E-state index in [9.17, 15) is 30.0 Å². The first-order valence-electron chi connectivity index (χ1n) is 21.4. The molecule has 8 heteroatoms. The summed E-state index contributed by atoms with van der Waals surface area (Å²) in [5.74, 6) is -1.000. The van der Waals surface area contributed by atoms with Gasteiger partial charge in [0.05, 0.1) is 6.61 Å². The molecule has 0 aliphatic carbocycles. The SMILES string of the molecule is CCCCCCCCCCCCCCCCCC(=O)OC[C@H](OC(=O)CCCCCCCCCCCCCCCCC)[C@@H](O)[C@H](O)[C@H](O)CO. The molecule has 50 heavy (non-hydrogen) atoms. The van der Waals surface area contributed by atoms with Crippen LogP contribution in [-0.4, -0.2) is 70.0 Å². The van der Waals surface area contributed by atoms with Crippen molar-refractivity contribution in [1.82, 2.24) is 0 Å². The Bertz CT molecular complexity index is 733. The number of aliphatic hydroxyl groups excluding tert-OH is 4. The second kappa shape index (κ2) is 37.5. The summed E-state index contributed by atoms with van der Waals surface area (Å²) in [4.78, 5) is 24.9. The highest BCUT2D eigenvalue weighted by Crippen LogP contribution is 2.17. The van der Waals surface area contributed by atoms with Gasteiger partial charge in [-0.15, -0.1) is 0 Å². The smallest absolute Gasteiger partial charge is 0.306 e. The Balaban J connectivity index is 4.10. The molecule has 0 aromatic carbocycles. The number of aliphatic hydroxyl groups is 4. The predicted octanol–water partition coefficient (Wildman–Crippen LogP) is 10.0. The Kier molecular flexibility index (Phi) is 36.6. The first kappa shape index (κ1) is 48.8. The fourth-order valence-corrected chi connectivity index (χ4v) is 6.51. The van der Waals surface area contributed by atoms with E-state index in [1.807, 2.05) is 0 Å². The minimum atomic E-state index is -1.75. The van der Waals surface area contributed by atoms with Gasteiger partial charge in [-0.25, -0.2) is 0 Å². The third-order valence-corrected chi connectivity index (χ3v) is 9.97. The summed E-state index contributed by atoms with van der Waals surface area (Å²) in [6, 6.07) is 0. The number of hydrogen-bond acceptors (Lipinski definition) is 8.